The van der Waals surface area contributed by atoms with E-state index in [-0.39, 0.29) is 5.54 Å². The highest BCUT2D eigenvalue weighted by molar-refractivity contribution is 6.30. The van der Waals surface area contributed by atoms with E-state index in [2.05, 4.69) is 15.5 Å². The lowest BCUT2D eigenvalue weighted by atomic mass is 10.1. The summed E-state index contributed by atoms with van der Waals surface area (Å²) in [5.41, 5.74) is 0.759. The molecule has 1 heterocycles. The molecule has 2 aromatic rings. The van der Waals surface area contributed by atoms with Crippen LogP contribution in [0.25, 0.3) is 0 Å². The highest BCUT2D eigenvalue weighted by atomic mass is 35.5. The smallest absolute Gasteiger partial charge is 0.246 e. The van der Waals surface area contributed by atoms with Crippen molar-refractivity contribution in [1.82, 2.24) is 15.5 Å². The first-order valence-corrected chi connectivity index (χ1v) is 6.71. The lowest BCUT2D eigenvalue weighted by Crippen LogP contribution is -2.36. The molecule has 0 atom stereocenters. The van der Waals surface area contributed by atoms with E-state index in [1.54, 1.807) is 0 Å². The minimum Gasteiger partial charge on any atom is -0.337 e. The van der Waals surface area contributed by atoms with Crippen molar-refractivity contribution in [3.8, 4) is 0 Å². The van der Waals surface area contributed by atoms with Crippen LogP contribution in [-0.4, -0.2) is 16.7 Å². The van der Waals surface area contributed by atoms with Gasteiger partial charge in [-0.2, -0.15) is 4.98 Å². The minimum absolute atomic E-state index is 0.311. The van der Waals surface area contributed by atoms with Gasteiger partial charge in [0.15, 0.2) is 5.82 Å². The van der Waals surface area contributed by atoms with Gasteiger partial charge in [-0.05, 0) is 38.1 Å². The topological polar surface area (TPSA) is 51.0 Å². The molecule has 0 aliphatic heterocycles. The maximum absolute atomic E-state index is 5.96. The standard InChI is InChI=1S/C14H18ClN3O/c1-4-16-14(2,3)13-17-12(18-19-13)9-10-6-5-7-11(15)8-10/h5-8,16H,4,9H2,1-3H3. The molecule has 0 spiro atoms. The Morgan fingerprint density at radius 3 is 2.84 bits per heavy atom. The molecule has 0 saturated heterocycles. The summed E-state index contributed by atoms with van der Waals surface area (Å²) in [6.07, 6.45) is 0.617. The van der Waals surface area contributed by atoms with E-state index in [0.29, 0.717) is 23.2 Å². The second-order valence-corrected chi connectivity index (χ2v) is 5.41. The van der Waals surface area contributed by atoms with Gasteiger partial charge in [-0.1, -0.05) is 35.8 Å². The number of benzene rings is 1. The van der Waals surface area contributed by atoms with Crippen LogP contribution in [0.5, 0.6) is 0 Å². The summed E-state index contributed by atoms with van der Waals surface area (Å²) in [4.78, 5) is 4.44. The Hall–Kier alpha value is -1.39. The van der Waals surface area contributed by atoms with Crippen molar-refractivity contribution in [2.24, 2.45) is 0 Å². The SMILES string of the molecule is CCNC(C)(C)c1nc(Cc2cccc(Cl)c2)no1. The fourth-order valence-corrected chi connectivity index (χ4v) is 2.14. The van der Waals surface area contributed by atoms with E-state index in [1.807, 2.05) is 45.0 Å². The Kier molecular flexibility index (Phi) is 4.22. The maximum Gasteiger partial charge on any atom is 0.246 e. The molecular formula is C14H18ClN3O. The molecule has 0 fully saturated rings. The van der Waals surface area contributed by atoms with Gasteiger partial charge in [0.2, 0.25) is 5.89 Å². The Morgan fingerprint density at radius 2 is 2.16 bits per heavy atom. The maximum atomic E-state index is 5.96. The third-order valence-corrected chi connectivity index (χ3v) is 3.11. The van der Waals surface area contributed by atoms with Crippen molar-refractivity contribution in [3.05, 3.63) is 46.6 Å². The average Bonchev–Trinajstić information content (AvgIpc) is 2.78. The molecule has 4 nitrogen and oxygen atoms in total. The minimum atomic E-state index is -0.311. The van der Waals surface area contributed by atoms with Crippen LogP contribution >= 0.6 is 11.6 Å². The summed E-state index contributed by atoms with van der Waals surface area (Å²) < 4.78 is 5.33. The second kappa shape index (κ2) is 5.72. The van der Waals surface area contributed by atoms with Crippen LogP contribution in [0.1, 0.15) is 38.0 Å². The first kappa shape index (κ1) is 14.0. The summed E-state index contributed by atoms with van der Waals surface area (Å²) in [6.45, 7) is 6.93. The average molecular weight is 280 g/mol. The van der Waals surface area contributed by atoms with Crippen molar-refractivity contribution in [2.45, 2.75) is 32.7 Å². The molecule has 1 aromatic heterocycles. The molecule has 1 N–H and O–H groups in total. The normalized spacial score (nSPS) is 11.8. The molecule has 0 bridgehead atoms. The van der Waals surface area contributed by atoms with Crippen LogP contribution < -0.4 is 5.32 Å². The quantitative estimate of drug-likeness (QED) is 0.913. The number of hydrogen-bond donors (Lipinski definition) is 1. The van der Waals surface area contributed by atoms with E-state index in [0.717, 1.165) is 12.1 Å². The van der Waals surface area contributed by atoms with Gasteiger partial charge in [0, 0.05) is 11.4 Å². The number of aromatic nitrogens is 2. The number of nitrogens with zero attached hydrogens (tertiary/aromatic N) is 2. The van der Waals surface area contributed by atoms with Crippen molar-refractivity contribution >= 4 is 11.6 Å². The molecule has 19 heavy (non-hydrogen) atoms. The molecule has 1 aromatic carbocycles. The van der Waals surface area contributed by atoms with Gasteiger partial charge >= 0.3 is 0 Å². The fraction of sp³-hybridized carbons (Fsp3) is 0.429. The van der Waals surface area contributed by atoms with Crippen molar-refractivity contribution in [1.29, 1.82) is 0 Å². The number of halogens is 1. The van der Waals surface area contributed by atoms with Crippen molar-refractivity contribution in [3.63, 3.8) is 0 Å². The summed E-state index contributed by atoms with van der Waals surface area (Å²) in [5.74, 6) is 1.27. The van der Waals surface area contributed by atoms with Crippen LogP contribution in [0.15, 0.2) is 28.8 Å². The summed E-state index contributed by atoms with van der Waals surface area (Å²) >= 11 is 5.96. The zero-order valence-corrected chi connectivity index (χ0v) is 12.2. The largest absolute Gasteiger partial charge is 0.337 e. The number of hydrogen-bond acceptors (Lipinski definition) is 4. The molecule has 0 aliphatic rings. The third kappa shape index (κ3) is 3.55. The van der Waals surface area contributed by atoms with E-state index in [1.165, 1.54) is 0 Å². The first-order chi connectivity index (χ1) is 9.01. The Balaban J connectivity index is 2.13. The highest BCUT2D eigenvalue weighted by Gasteiger charge is 2.26. The highest BCUT2D eigenvalue weighted by Crippen LogP contribution is 2.19. The van der Waals surface area contributed by atoms with Gasteiger partial charge in [0.1, 0.15) is 0 Å². The van der Waals surface area contributed by atoms with Crippen LogP contribution in [-0.2, 0) is 12.0 Å². The van der Waals surface area contributed by atoms with Gasteiger partial charge in [-0.25, -0.2) is 0 Å². The molecule has 0 radical (unpaired) electrons. The summed E-state index contributed by atoms with van der Waals surface area (Å²) in [7, 11) is 0. The number of rotatable bonds is 5. The zero-order chi connectivity index (χ0) is 13.9. The van der Waals surface area contributed by atoms with Crippen LogP contribution in [0.4, 0.5) is 0 Å². The molecule has 0 aliphatic carbocycles. The Labute approximate surface area is 118 Å². The molecule has 102 valence electrons. The fourth-order valence-electron chi connectivity index (χ4n) is 1.93. The first-order valence-electron chi connectivity index (χ1n) is 6.34. The Bertz CT molecular complexity index is 551. The summed E-state index contributed by atoms with van der Waals surface area (Å²) in [5, 5.41) is 8.04. The predicted octanol–water partition coefficient (Wildman–Crippen LogP) is 3.16. The molecule has 2 rings (SSSR count). The lowest BCUT2D eigenvalue weighted by molar-refractivity contribution is 0.271. The lowest BCUT2D eigenvalue weighted by Gasteiger charge is -2.20. The van der Waals surface area contributed by atoms with E-state index < -0.39 is 0 Å². The van der Waals surface area contributed by atoms with Gasteiger partial charge in [0.25, 0.3) is 0 Å². The molecule has 0 saturated carbocycles. The molecule has 0 amide bonds. The molecule has 5 heteroatoms. The number of nitrogens with one attached hydrogen (secondary N) is 1. The molecular weight excluding hydrogens is 262 g/mol. The van der Waals surface area contributed by atoms with Crippen LogP contribution in [0.2, 0.25) is 5.02 Å². The van der Waals surface area contributed by atoms with Crippen molar-refractivity contribution in [2.75, 3.05) is 6.54 Å². The molecule has 0 unspecified atom stereocenters. The van der Waals surface area contributed by atoms with Gasteiger partial charge in [-0.3, -0.25) is 0 Å². The van der Waals surface area contributed by atoms with E-state index in [4.69, 9.17) is 16.1 Å². The predicted molar refractivity (Wildman–Crippen MR) is 75.3 cm³/mol. The second-order valence-electron chi connectivity index (χ2n) is 4.98. The Morgan fingerprint density at radius 1 is 1.37 bits per heavy atom. The van der Waals surface area contributed by atoms with Crippen LogP contribution in [0, 0.1) is 0 Å². The van der Waals surface area contributed by atoms with Gasteiger partial charge in [-0.15, -0.1) is 0 Å². The monoisotopic (exact) mass is 279 g/mol. The van der Waals surface area contributed by atoms with E-state index >= 15 is 0 Å². The van der Waals surface area contributed by atoms with E-state index in [9.17, 15) is 0 Å². The van der Waals surface area contributed by atoms with Crippen molar-refractivity contribution < 1.29 is 4.52 Å². The van der Waals surface area contributed by atoms with Crippen LogP contribution in [0.3, 0.4) is 0 Å². The summed E-state index contributed by atoms with van der Waals surface area (Å²) in [6, 6.07) is 7.67. The zero-order valence-electron chi connectivity index (χ0n) is 11.4. The van der Waals surface area contributed by atoms with Gasteiger partial charge < -0.3 is 9.84 Å². The van der Waals surface area contributed by atoms with Gasteiger partial charge in [0.05, 0.1) is 5.54 Å². The third-order valence-electron chi connectivity index (χ3n) is 2.87.